The summed E-state index contributed by atoms with van der Waals surface area (Å²) in [4.78, 5) is 34.9. The van der Waals surface area contributed by atoms with Crippen LogP contribution in [0.2, 0.25) is 5.02 Å². The second-order valence-corrected chi connectivity index (χ2v) is 13.5. The molecule has 0 saturated carbocycles. The van der Waals surface area contributed by atoms with E-state index >= 15 is 0 Å². The minimum absolute atomic E-state index is 0.159. The molecular formula is C28H34ClN7O5S. The van der Waals surface area contributed by atoms with E-state index in [2.05, 4.69) is 14.9 Å². The third-order valence-electron chi connectivity index (χ3n) is 8.01. The average molecular weight is 616 g/mol. The Balaban J connectivity index is 1.21. The van der Waals surface area contributed by atoms with Crippen LogP contribution in [0.1, 0.15) is 59.8 Å². The van der Waals surface area contributed by atoms with Crippen molar-refractivity contribution in [1.82, 2.24) is 24.8 Å². The van der Waals surface area contributed by atoms with Gasteiger partial charge in [-0.15, -0.1) is 0 Å². The third kappa shape index (κ3) is 5.90. The van der Waals surface area contributed by atoms with Gasteiger partial charge in [-0.3, -0.25) is 14.3 Å². The van der Waals surface area contributed by atoms with Crippen LogP contribution in [0.3, 0.4) is 0 Å². The number of hydrogen-bond acceptors (Lipinski definition) is 9. The van der Waals surface area contributed by atoms with E-state index in [1.165, 1.54) is 12.1 Å². The number of sulfonamides is 1. The molecule has 3 aliphatic rings. The van der Waals surface area contributed by atoms with Crippen LogP contribution in [-0.2, 0) is 19.6 Å². The lowest BCUT2D eigenvalue weighted by molar-refractivity contribution is -0.152. The van der Waals surface area contributed by atoms with Gasteiger partial charge in [0.1, 0.15) is 18.0 Å². The molecule has 2 N–H and O–H groups in total. The summed E-state index contributed by atoms with van der Waals surface area (Å²) < 4.78 is 33.7. The highest BCUT2D eigenvalue weighted by Gasteiger charge is 2.36. The summed E-state index contributed by atoms with van der Waals surface area (Å²) in [5, 5.41) is 8.31. The maximum absolute atomic E-state index is 13.8. The zero-order chi connectivity index (χ0) is 29.6. The van der Waals surface area contributed by atoms with Crippen molar-refractivity contribution in [3.8, 4) is 0 Å². The third-order valence-corrected chi connectivity index (χ3v) is 8.84. The first-order valence-electron chi connectivity index (χ1n) is 14.2. The molecule has 2 atom stereocenters. The molecule has 3 saturated heterocycles. The summed E-state index contributed by atoms with van der Waals surface area (Å²) in [7, 11) is -3.61. The number of anilines is 2. The molecule has 0 unspecified atom stereocenters. The highest BCUT2D eigenvalue weighted by molar-refractivity contribution is 7.92. The standard InChI is InChI=1S/C28H34ClN7O5S/c1-17-14-36-25(31-26(17)34-15-19(16-34)41-28(38)22-6-5-10-30-22)13-23(32-36)24-7-3-4-11-35(24)27(37)20-12-18(29)8-9-21(20)33-42(2,39)40/h8-9,12-14,19,22,24,30,33H,3-7,10-11,15-16H2,1-2H3/t22-,24-/m0/s1. The molecule has 224 valence electrons. The van der Waals surface area contributed by atoms with Gasteiger partial charge in [-0.25, -0.2) is 17.9 Å². The average Bonchev–Trinajstić information content (AvgIpc) is 3.60. The molecule has 1 aromatic carbocycles. The Hall–Kier alpha value is -3.42. The normalized spacial score (nSPS) is 21.4. The Kier molecular flexibility index (Phi) is 7.75. The lowest BCUT2D eigenvalue weighted by atomic mass is 9.98. The zero-order valence-electron chi connectivity index (χ0n) is 23.5. The molecule has 5 heterocycles. The summed E-state index contributed by atoms with van der Waals surface area (Å²) in [6.07, 6.45) is 7.07. The molecule has 0 bridgehead atoms. The maximum atomic E-state index is 13.8. The van der Waals surface area contributed by atoms with Crippen LogP contribution >= 0.6 is 11.6 Å². The number of ether oxygens (including phenoxy) is 1. The van der Waals surface area contributed by atoms with Crippen molar-refractivity contribution in [3.63, 3.8) is 0 Å². The summed E-state index contributed by atoms with van der Waals surface area (Å²) in [6, 6.07) is 5.93. The number of carbonyl (C=O) groups excluding carboxylic acids is 2. The van der Waals surface area contributed by atoms with E-state index in [1.54, 1.807) is 15.5 Å². The second kappa shape index (κ2) is 11.3. The quantitative estimate of drug-likeness (QED) is 0.384. The van der Waals surface area contributed by atoms with Gasteiger partial charge in [-0.1, -0.05) is 11.6 Å². The van der Waals surface area contributed by atoms with Crippen LogP contribution in [-0.4, -0.2) is 84.4 Å². The van der Waals surface area contributed by atoms with Crippen LogP contribution in [0.25, 0.3) is 5.65 Å². The number of piperidine rings is 1. The Labute approximate surface area is 249 Å². The number of nitrogens with zero attached hydrogens (tertiary/aromatic N) is 5. The number of halogens is 1. The van der Waals surface area contributed by atoms with E-state index in [1.807, 2.05) is 19.2 Å². The van der Waals surface area contributed by atoms with Gasteiger partial charge in [0.15, 0.2) is 5.65 Å². The van der Waals surface area contributed by atoms with Crippen LogP contribution in [0.4, 0.5) is 11.5 Å². The predicted molar refractivity (Wildman–Crippen MR) is 158 cm³/mol. The topological polar surface area (TPSA) is 138 Å². The fourth-order valence-electron chi connectivity index (χ4n) is 5.94. The fourth-order valence-corrected chi connectivity index (χ4v) is 6.69. The first kappa shape index (κ1) is 28.7. The van der Waals surface area contributed by atoms with Crippen molar-refractivity contribution in [2.45, 2.75) is 57.2 Å². The van der Waals surface area contributed by atoms with Crippen LogP contribution in [0.15, 0.2) is 30.5 Å². The number of aryl methyl sites for hydroxylation is 1. The summed E-state index contributed by atoms with van der Waals surface area (Å²) in [6.45, 7) is 4.48. The molecule has 6 rings (SSSR count). The van der Waals surface area contributed by atoms with Crippen molar-refractivity contribution in [3.05, 3.63) is 52.3 Å². The Morgan fingerprint density at radius 2 is 1.95 bits per heavy atom. The minimum atomic E-state index is -3.61. The molecule has 14 heteroatoms. The first-order chi connectivity index (χ1) is 20.1. The van der Waals surface area contributed by atoms with Gasteiger partial charge >= 0.3 is 5.97 Å². The van der Waals surface area contributed by atoms with Gasteiger partial charge in [0.25, 0.3) is 5.91 Å². The van der Waals surface area contributed by atoms with Crippen molar-refractivity contribution in [1.29, 1.82) is 0 Å². The SMILES string of the molecule is Cc1cn2nc([C@@H]3CCCCN3C(=O)c3cc(Cl)ccc3NS(C)(=O)=O)cc2nc1N1CC(OC(=O)[C@@H]2CCCN2)C1. The number of likely N-dealkylation sites (tertiary alicyclic amines) is 1. The van der Waals surface area contributed by atoms with E-state index in [0.29, 0.717) is 42.4 Å². The molecule has 42 heavy (non-hydrogen) atoms. The zero-order valence-corrected chi connectivity index (χ0v) is 25.1. The largest absolute Gasteiger partial charge is 0.457 e. The smallest absolute Gasteiger partial charge is 0.323 e. The monoisotopic (exact) mass is 615 g/mol. The molecular weight excluding hydrogens is 582 g/mol. The molecule has 2 aromatic heterocycles. The van der Waals surface area contributed by atoms with E-state index in [4.69, 9.17) is 26.4 Å². The lowest BCUT2D eigenvalue weighted by Crippen LogP contribution is -2.54. The summed E-state index contributed by atoms with van der Waals surface area (Å²) in [5.41, 5.74) is 2.68. The summed E-state index contributed by atoms with van der Waals surface area (Å²) in [5.74, 6) is 0.317. The molecule has 3 fully saturated rings. The molecule has 3 aliphatic heterocycles. The lowest BCUT2D eigenvalue weighted by Gasteiger charge is -2.40. The molecule has 3 aromatic rings. The fraction of sp³-hybridized carbons (Fsp3) is 0.500. The number of esters is 1. The van der Waals surface area contributed by atoms with E-state index in [0.717, 1.165) is 49.9 Å². The van der Waals surface area contributed by atoms with Gasteiger partial charge in [-0.2, -0.15) is 5.10 Å². The van der Waals surface area contributed by atoms with Gasteiger partial charge in [-0.05, 0) is 63.8 Å². The van der Waals surface area contributed by atoms with E-state index < -0.39 is 10.0 Å². The van der Waals surface area contributed by atoms with Crippen molar-refractivity contribution in [2.24, 2.45) is 0 Å². The molecule has 0 spiro atoms. The molecule has 12 nitrogen and oxygen atoms in total. The number of fused-ring (bicyclic) bond motifs is 1. The van der Waals surface area contributed by atoms with Gasteiger partial charge < -0.3 is 19.9 Å². The Morgan fingerprint density at radius 1 is 1.14 bits per heavy atom. The van der Waals surface area contributed by atoms with Gasteiger partial charge in [0, 0.05) is 29.4 Å². The minimum Gasteiger partial charge on any atom is -0.457 e. The second-order valence-electron chi connectivity index (χ2n) is 11.3. The van der Waals surface area contributed by atoms with Gasteiger partial charge in [0.05, 0.1) is 42.3 Å². The number of amides is 1. The highest BCUT2D eigenvalue weighted by atomic mass is 35.5. The van der Waals surface area contributed by atoms with Gasteiger partial charge in [0.2, 0.25) is 10.0 Å². The van der Waals surface area contributed by atoms with Crippen LogP contribution < -0.4 is 14.9 Å². The number of carbonyl (C=O) groups is 2. The molecule has 0 radical (unpaired) electrons. The van der Waals surface area contributed by atoms with E-state index in [9.17, 15) is 18.0 Å². The van der Waals surface area contributed by atoms with Crippen LogP contribution in [0.5, 0.6) is 0 Å². The first-order valence-corrected chi connectivity index (χ1v) is 16.5. The number of rotatable bonds is 7. The number of aromatic nitrogens is 3. The number of benzene rings is 1. The maximum Gasteiger partial charge on any atom is 0.323 e. The van der Waals surface area contributed by atoms with E-state index in [-0.39, 0.29) is 41.3 Å². The summed E-state index contributed by atoms with van der Waals surface area (Å²) >= 11 is 6.21. The number of nitrogens with one attached hydrogen (secondary N) is 2. The number of hydrogen-bond donors (Lipinski definition) is 2. The Bertz CT molecular complexity index is 1630. The van der Waals surface area contributed by atoms with Crippen molar-refractivity contribution >= 4 is 50.7 Å². The molecule has 1 amide bonds. The van der Waals surface area contributed by atoms with Crippen molar-refractivity contribution in [2.75, 3.05) is 42.1 Å². The molecule has 0 aliphatic carbocycles. The highest BCUT2D eigenvalue weighted by Crippen LogP contribution is 2.35. The van der Waals surface area contributed by atoms with Crippen LogP contribution in [0, 0.1) is 6.92 Å². The Morgan fingerprint density at radius 3 is 2.69 bits per heavy atom. The van der Waals surface area contributed by atoms with Crippen molar-refractivity contribution < 1.29 is 22.7 Å². The predicted octanol–water partition coefficient (Wildman–Crippen LogP) is 2.91.